The van der Waals surface area contributed by atoms with Crippen LogP contribution in [0, 0.1) is 0 Å². The summed E-state index contributed by atoms with van der Waals surface area (Å²) in [6.45, 7) is 3.46. The maximum absolute atomic E-state index is 12.9. The molecule has 3 nitrogen and oxygen atoms in total. The first-order chi connectivity index (χ1) is 11.8. The van der Waals surface area contributed by atoms with Crippen LogP contribution in [0.3, 0.4) is 0 Å². The SMILES string of the molecule is CC(=O)N1c2ccccc2[C@@H](Nc2cccc(C(F)(F)F)c2)C[C@H]1C. The highest BCUT2D eigenvalue weighted by Crippen LogP contribution is 2.39. The van der Waals surface area contributed by atoms with E-state index in [0.29, 0.717) is 12.1 Å². The minimum Gasteiger partial charge on any atom is -0.378 e. The number of rotatable bonds is 2. The third kappa shape index (κ3) is 3.48. The molecule has 0 saturated carbocycles. The van der Waals surface area contributed by atoms with E-state index < -0.39 is 11.7 Å². The van der Waals surface area contributed by atoms with Gasteiger partial charge in [0.05, 0.1) is 11.6 Å². The summed E-state index contributed by atoms with van der Waals surface area (Å²) in [6, 6.07) is 12.5. The maximum atomic E-state index is 12.9. The number of hydrogen-bond donors (Lipinski definition) is 1. The van der Waals surface area contributed by atoms with Crippen molar-refractivity contribution in [2.45, 2.75) is 38.5 Å². The van der Waals surface area contributed by atoms with Gasteiger partial charge in [0.15, 0.2) is 0 Å². The topological polar surface area (TPSA) is 32.3 Å². The highest BCUT2D eigenvalue weighted by atomic mass is 19.4. The zero-order valence-corrected chi connectivity index (χ0v) is 14.0. The molecule has 0 saturated heterocycles. The Morgan fingerprint density at radius 1 is 1.16 bits per heavy atom. The molecular weight excluding hydrogens is 329 g/mol. The third-order valence-corrected chi connectivity index (χ3v) is 4.46. The van der Waals surface area contributed by atoms with E-state index in [9.17, 15) is 18.0 Å². The van der Waals surface area contributed by atoms with E-state index in [-0.39, 0.29) is 18.0 Å². The van der Waals surface area contributed by atoms with E-state index in [2.05, 4.69) is 5.32 Å². The molecule has 3 rings (SSSR count). The lowest BCUT2D eigenvalue weighted by atomic mass is 9.91. The Bertz CT molecular complexity index is 788. The number of anilines is 2. The summed E-state index contributed by atoms with van der Waals surface area (Å²) >= 11 is 0. The van der Waals surface area contributed by atoms with Gasteiger partial charge in [0.1, 0.15) is 0 Å². The van der Waals surface area contributed by atoms with Crippen LogP contribution < -0.4 is 10.2 Å². The van der Waals surface area contributed by atoms with E-state index in [1.54, 1.807) is 11.0 Å². The zero-order valence-electron chi connectivity index (χ0n) is 14.0. The highest BCUT2D eigenvalue weighted by Gasteiger charge is 2.33. The molecule has 0 spiro atoms. The molecule has 1 N–H and O–H groups in total. The number of nitrogens with one attached hydrogen (secondary N) is 1. The lowest BCUT2D eigenvalue weighted by molar-refractivity contribution is -0.137. The molecule has 25 heavy (non-hydrogen) atoms. The standard InChI is InChI=1S/C19H19F3N2O/c1-12-10-17(16-8-3-4-9-18(16)24(12)13(2)25)23-15-7-5-6-14(11-15)19(20,21)22/h3-9,11-12,17,23H,10H2,1-2H3/t12-,17+/m1/s1. The number of alkyl halides is 3. The molecule has 0 bridgehead atoms. The Kier molecular flexibility index (Phi) is 4.45. The molecule has 1 amide bonds. The predicted octanol–water partition coefficient (Wildman–Crippen LogP) is 5.00. The molecular formula is C19H19F3N2O. The van der Waals surface area contributed by atoms with Gasteiger partial charge in [0.2, 0.25) is 5.91 Å². The van der Waals surface area contributed by atoms with Gasteiger partial charge in [-0.25, -0.2) is 0 Å². The van der Waals surface area contributed by atoms with Crippen LogP contribution >= 0.6 is 0 Å². The Balaban J connectivity index is 1.94. The van der Waals surface area contributed by atoms with Crippen LogP contribution in [0.4, 0.5) is 24.5 Å². The van der Waals surface area contributed by atoms with Gasteiger partial charge < -0.3 is 10.2 Å². The summed E-state index contributed by atoms with van der Waals surface area (Å²) < 4.78 is 38.7. The number of nitrogens with zero attached hydrogens (tertiary/aromatic N) is 1. The van der Waals surface area contributed by atoms with E-state index in [0.717, 1.165) is 23.4 Å². The number of benzene rings is 2. The first-order valence-corrected chi connectivity index (χ1v) is 8.10. The number of amides is 1. The normalized spacial score (nSPS) is 20.1. The lowest BCUT2D eigenvalue weighted by Gasteiger charge is -2.39. The number of carbonyl (C=O) groups excluding carboxylic acids is 1. The van der Waals surface area contributed by atoms with Crippen molar-refractivity contribution < 1.29 is 18.0 Å². The average Bonchev–Trinajstić information content (AvgIpc) is 2.54. The second kappa shape index (κ2) is 6.43. The van der Waals surface area contributed by atoms with Crippen molar-refractivity contribution in [1.82, 2.24) is 0 Å². The zero-order chi connectivity index (χ0) is 18.2. The van der Waals surface area contributed by atoms with Gasteiger partial charge in [-0.05, 0) is 43.2 Å². The van der Waals surface area contributed by atoms with Crippen molar-refractivity contribution in [3.05, 3.63) is 59.7 Å². The molecule has 0 aromatic heterocycles. The molecule has 0 fully saturated rings. The Morgan fingerprint density at radius 3 is 2.56 bits per heavy atom. The molecule has 2 aromatic carbocycles. The molecule has 1 aliphatic rings. The fourth-order valence-corrected chi connectivity index (χ4v) is 3.42. The Hall–Kier alpha value is -2.50. The van der Waals surface area contributed by atoms with Gasteiger partial charge in [-0.2, -0.15) is 13.2 Å². The van der Waals surface area contributed by atoms with Gasteiger partial charge in [-0.15, -0.1) is 0 Å². The molecule has 2 atom stereocenters. The van der Waals surface area contributed by atoms with Gasteiger partial charge in [-0.3, -0.25) is 4.79 Å². The van der Waals surface area contributed by atoms with Crippen molar-refractivity contribution in [3.8, 4) is 0 Å². The van der Waals surface area contributed by atoms with Crippen LogP contribution in [0.1, 0.15) is 37.4 Å². The fraction of sp³-hybridized carbons (Fsp3) is 0.316. The van der Waals surface area contributed by atoms with Crippen LogP contribution in [0.25, 0.3) is 0 Å². The van der Waals surface area contributed by atoms with Crippen LogP contribution in [0.2, 0.25) is 0 Å². The van der Waals surface area contributed by atoms with Crippen molar-refractivity contribution in [2.75, 3.05) is 10.2 Å². The second-order valence-corrected chi connectivity index (χ2v) is 6.31. The summed E-state index contributed by atoms with van der Waals surface area (Å²) in [5.41, 5.74) is 1.45. The fourth-order valence-electron chi connectivity index (χ4n) is 3.42. The van der Waals surface area contributed by atoms with Gasteiger partial charge in [-0.1, -0.05) is 24.3 Å². The quantitative estimate of drug-likeness (QED) is 0.828. The van der Waals surface area contributed by atoms with Crippen molar-refractivity contribution in [2.24, 2.45) is 0 Å². The molecule has 132 valence electrons. The van der Waals surface area contributed by atoms with Gasteiger partial charge in [0, 0.05) is 24.3 Å². The van der Waals surface area contributed by atoms with Crippen LogP contribution in [-0.2, 0) is 11.0 Å². The summed E-state index contributed by atoms with van der Waals surface area (Å²) in [5.74, 6) is -0.0440. The summed E-state index contributed by atoms with van der Waals surface area (Å²) in [5, 5.41) is 3.20. The largest absolute Gasteiger partial charge is 0.416 e. The van der Waals surface area contributed by atoms with Crippen molar-refractivity contribution in [1.29, 1.82) is 0 Å². The van der Waals surface area contributed by atoms with Crippen LogP contribution in [-0.4, -0.2) is 11.9 Å². The lowest BCUT2D eigenvalue weighted by Crippen LogP contribution is -2.43. The number of hydrogen-bond acceptors (Lipinski definition) is 2. The van der Waals surface area contributed by atoms with Crippen molar-refractivity contribution >= 4 is 17.3 Å². The van der Waals surface area contributed by atoms with Gasteiger partial charge in [0.25, 0.3) is 0 Å². The summed E-state index contributed by atoms with van der Waals surface area (Å²) in [6.07, 6.45) is -3.76. The number of fused-ring (bicyclic) bond motifs is 1. The Morgan fingerprint density at radius 2 is 1.88 bits per heavy atom. The van der Waals surface area contributed by atoms with Crippen molar-refractivity contribution in [3.63, 3.8) is 0 Å². The monoisotopic (exact) mass is 348 g/mol. The summed E-state index contributed by atoms with van der Waals surface area (Å²) in [7, 11) is 0. The second-order valence-electron chi connectivity index (χ2n) is 6.31. The molecule has 0 aliphatic carbocycles. The van der Waals surface area contributed by atoms with Crippen LogP contribution in [0.15, 0.2) is 48.5 Å². The molecule has 1 aliphatic heterocycles. The molecule has 1 heterocycles. The predicted molar refractivity (Wildman–Crippen MR) is 91.5 cm³/mol. The van der Waals surface area contributed by atoms with E-state index in [4.69, 9.17) is 0 Å². The number of halogens is 3. The highest BCUT2D eigenvalue weighted by molar-refractivity contribution is 5.93. The average molecular weight is 348 g/mol. The minimum atomic E-state index is -4.37. The van der Waals surface area contributed by atoms with E-state index in [1.165, 1.54) is 13.0 Å². The molecule has 6 heteroatoms. The number of para-hydroxylation sites is 1. The Labute approximate surface area is 144 Å². The maximum Gasteiger partial charge on any atom is 0.416 e. The minimum absolute atomic E-state index is 0.0440. The molecule has 0 radical (unpaired) electrons. The van der Waals surface area contributed by atoms with E-state index >= 15 is 0 Å². The first-order valence-electron chi connectivity index (χ1n) is 8.10. The van der Waals surface area contributed by atoms with Crippen LogP contribution in [0.5, 0.6) is 0 Å². The van der Waals surface area contributed by atoms with E-state index in [1.807, 2.05) is 31.2 Å². The number of carbonyl (C=O) groups is 1. The summed E-state index contributed by atoms with van der Waals surface area (Å²) in [4.78, 5) is 13.7. The first kappa shape index (κ1) is 17.3. The van der Waals surface area contributed by atoms with Gasteiger partial charge >= 0.3 is 6.18 Å². The molecule has 0 unspecified atom stereocenters. The smallest absolute Gasteiger partial charge is 0.378 e. The third-order valence-electron chi connectivity index (χ3n) is 4.46. The molecule has 2 aromatic rings.